The third-order valence-electron chi connectivity index (χ3n) is 7.05. The SMILES string of the molecule is C[N+]1(CCC[N+]2(C)CC3C4C=CC(C4)C3C2)CCOCC1.[I-].[I-]. The van der Waals surface area contributed by atoms with Crippen LogP contribution in [0.5, 0.6) is 0 Å². The van der Waals surface area contributed by atoms with E-state index in [0.717, 1.165) is 36.9 Å². The van der Waals surface area contributed by atoms with E-state index in [4.69, 9.17) is 4.74 Å². The molecule has 3 fully saturated rings. The Morgan fingerprint density at radius 3 is 1.96 bits per heavy atom. The molecule has 23 heavy (non-hydrogen) atoms. The number of fused-ring (bicyclic) bond motifs is 5. The van der Waals surface area contributed by atoms with Crippen LogP contribution in [0.25, 0.3) is 0 Å². The molecule has 4 atom stereocenters. The summed E-state index contributed by atoms with van der Waals surface area (Å²) in [6.07, 6.45) is 7.92. The summed E-state index contributed by atoms with van der Waals surface area (Å²) < 4.78 is 8.10. The highest BCUT2D eigenvalue weighted by Crippen LogP contribution is 2.52. The van der Waals surface area contributed by atoms with E-state index in [1.54, 1.807) is 0 Å². The van der Waals surface area contributed by atoms with Gasteiger partial charge in [0.05, 0.1) is 53.5 Å². The van der Waals surface area contributed by atoms with Crippen molar-refractivity contribution < 1.29 is 61.7 Å². The quantitative estimate of drug-likeness (QED) is 0.198. The fraction of sp³-hybridized carbons (Fsp3) is 0.889. The molecule has 2 heterocycles. The van der Waals surface area contributed by atoms with Gasteiger partial charge in [0.25, 0.3) is 0 Å². The summed E-state index contributed by atoms with van der Waals surface area (Å²) >= 11 is 0. The topological polar surface area (TPSA) is 9.23 Å². The van der Waals surface area contributed by atoms with Crippen molar-refractivity contribution in [2.45, 2.75) is 12.8 Å². The van der Waals surface area contributed by atoms with E-state index in [9.17, 15) is 0 Å². The molecule has 4 rings (SSSR count). The minimum Gasteiger partial charge on any atom is -1.00 e. The van der Waals surface area contributed by atoms with Crippen LogP contribution in [0.15, 0.2) is 12.2 Å². The summed E-state index contributed by atoms with van der Waals surface area (Å²) in [5, 5.41) is 0. The van der Waals surface area contributed by atoms with Gasteiger partial charge in [0.2, 0.25) is 0 Å². The first-order valence-electron chi connectivity index (χ1n) is 9.00. The first-order valence-corrected chi connectivity index (χ1v) is 9.00. The number of likely N-dealkylation sites (N-methyl/N-ethyl adjacent to an activating group) is 1. The van der Waals surface area contributed by atoms with Crippen LogP contribution in [-0.2, 0) is 4.74 Å². The largest absolute Gasteiger partial charge is 1.00 e. The Balaban J connectivity index is 0.000000960. The van der Waals surface area contributed by atoms with Crippen molar-refractivity contribution in [2.24, 2.45) is 23.7 Å². The minimum atomic E-state index is 0. The van der Waals surface area contributed by atoms with Crippen molar-refractivity contribution in [2.75, 3.05) is 66.6 Å². The summed E-state index contributed by atoms with van der Waals surface area (Å²) in [6.45, 7) is 9.97. The van der Waals surface area contributed by atoms with Gasteiger partial charge in [-0.2, -0.15) is 0 Å². The lowest BCUT2D eigenvalue weighted by molar-refractivity contribution is -0.929. The second kappa shape index (κ2) is 7.76. The molecule has 0 spiro atoms. The van der Waals surface area contributed by atoms with Crippen LogP contribution < -0.4 is 48.0 Å². The zero-order chi connectivity index (χ0) is 14.5. The van der Waals surface area contributed by atoms with E-state index in [0.29, 0.717) is 0 Å². The molecule has 0 radical (unpaired) electrons. The number of hydrogen-bond acceptors (Lipinski definition) is 1. The molecule has 2 bridgehead atoms. The number of allylic oxidation sites excluding steroid dienone is 2. The van der Waals surface area contributed by atoms with Crippen LogP contribution in [0.3, 0.4) is 0 Å². The van der Waals surface area contributed by atoms with Crippen molar-refractivity contribution in [3.05, 3.63) is 12.2 Å². The Hall–Kier alpha value is 1.08. The third-order valence-corrected chi connectivity index (χ3v) is 7.05. The fourth-order valence-corrected chi connectivity index (χ4v) is 5.68. The maximum Gasteiger partial charge on any atom is 0.102 e. The predicted octanol–water partition coefficient (Wildman–Crippen LogP) is -4.24. The molecule has 0 aromatic rings. The Bertz CT molecular complexity index is 417. The second-order valence-corrected chi connectivity index (χ2v) is 8.74. The molecule has 3 nitrogen and oxygen atoms in total. The van der Waals surface area contributed by atoms with Crippen molar-refractivity contribution >= 4 is 0 Å². The van der Waals surface area contributed by atoms with Gasteiger partial charge in [-0.05, 0) is 18.3 Å². The van der Waals surface area contributed by atoms with Gasteiger partial charge in [0, 0.05) is 18.3 Å². The van der Waals surface area contributed by atoms with Crippen molar-refractivity contribution in [3.63, 3.8) is 0 Å². The standard InChI is InChI=1S/C18H32N2O.2HI/c1-19(8-10-21-11-9-19)6-3-7-20(2)13-17-15-4-5-16(12-15)18(17)14-20;;/h4-5,15-18H,3,6-14H2,1-2H3;2*1H/q+2;;/p-2. The number of hydrogen-bond donors (Lipinski definition) is 0. The minimum absolute atomic E-state index is 0. The summed E-state index contributed by atoms with van der Waals surface area (Å²) in [5.41, 5.74) is 0. The second-order valence-electron chi connectivity index (χ2n) is 8.74. The number of nitrogens with zero attached hydrogens (tertiary/aromatic N) is 2. The molecule has 0 aromatic heterocycles. The monoisotopic (exact) mass is 546 g/mol. The van der Waals surface area contributed by atoms with E-state index in [-0.39, 0.29) is 48.0 Å². The highest BCUT2D eigenvalue weighted by Gasteiger charge is 2.54. The van der Waals surface area contributed by atoms with Crippen LogP contribution in [0.1, 0.15) is 12.8 Å². The first kappa shape index (κ1) is 20.4. The van der Waals surface area contributed by atoms with Gasteiger partial charge >= 0.3 is 0 Å². The molecule has 5 heteroatoms. The zero-order valence-electron chi connectivity index (χ0n) is 14.6. The molecule has 4 aliphatic rings. The van der Waals surface area contributed by atoms with E-state index in [1.807, 2.05) is 0 Å². The molecule has 4 unspecified atom stereocenters. The van der Waals surface area contributed by atoms with Crippen LogP contribution in [0, 0.1) is 23.7 Å². The van der Waals surface area contributed by atoms with Gasteiger partial charge in [0.1, 0.15) is 13.1 Å². The normalized spacial score (nSPS) is 42.9. The number of morpholine rings is 1. The lowest BCUT2D eigenvalue weighted by Gasteiger charge is -2.39. The predicted molar refractivity (Wildman–Crippen MR) is 84.7 cm³/mol. The van der Waals surface area contributed by atoms with Crippen molar-refractivity contribution in [1.82, 2.24) is 0 Å². The number of likely N-dealkylation sites (tertiary alicyclic amines) is 1. The molecule has 2 aliphatic heterocycles. The van der Waals surface area contributed by atoms with Crippen LogP contribution in [0.4, 0.5) is 0 Å². The Morgan fingerprint density at radius 1 is 0.870 bits per heavy atom. The average molecular weight is 546 g/mol. The highest BCUT2D eigenvalue weighted by atomic mass is 127. The molecule has 0 N–H and O–H groups in total. The molecule has 1 saturated carbocycles. The van der Waals surface area contributed by atoms with E-state index in [1.165, 1.54) is 61.1 Å². The highest BCUT2D eigenvalue weighted by molar-refractivity contribution is 5.14. The van der Waals surface area contributed by atoms with Gasteiger partial charge in [-0.3, -0.25) is 0 Å². The number of halogens is 2. The summed E-state index contributed by atoms with van der Waals surface area (Å²) in [7, 11) is 4.95. The maximum atomic E-state index is 5.52. The van der Waals surface area contributed by atoms with Gasteiger partial charge in [-0.1, -0.05) is 12.2 Å². The van der Waals surface area contributed by atoms with E-state index in [2.05, 4.69) is 26.2 Å². The van der Waals surface area contributed by atoms with Gasteiger partial charge in [-0.25, -0.2) is 0 Å². The molecule has 0 amide bonds. The Morgan fingerprint density at radius 2 is 1.39 bits per heavy atom. The summed E-state index contributed by atoms with van der Waals surface area (Å²) in [5.74, 6) is 3.89. The third kappa shape index (κ3) is 4.09. The van der Waals surface area contributed by atoms with Crippen molar-refractivity contribution in [1.29, 1.82) is 0 Å². The van der Waals surface area contributed by atoms with Gasteiger partial charge < -0.3 is 61.7 Å². The average Bonchev–Trinajstić information content (AvgIpc) is 3.10. The summed E-state index contributed by atoms with van der Waals surface area (Å²) in [6, 6.07) is 0. The zero-order valence-corrected chi connectivity index (χ0v) is 18.9. The molecule has 2 saturated heterocycles. The van der Waals surface area contributed by atoms with Crippen LogP contribution in [-0.4, -0.2) is 75.5 Å². The van der Waals surface area contributed by atoms with Crippen LogP contribution in [0.2, 0.25) is 0 Å². The Labute approximate surface area is 176 Å². The van der Waals surface area contributed by atoms with E-state index >= 15 is 0 Å². The fourth-order valence-electron chi connectivity index (χ4n) is 5.68. The van der Waals surface area contributed by atoms with Crippen molar-refractivity contribution in [3.8, 4) is 0 Å². The number of ether oxygens (including phenoxy) is 1. The number of quaternary nitrogens is 2. The first-order chi connectivity index (χ1) is 10.1. The smallest absolute Gasteiger partial charge is 0.102 e. The maximum absolute atomic E-state index is 5.52. The summed E-state index contributed by atoms with van der Waals surface area (Å²) in [4.78, 5) is 0. The molecule has 0 aromatic carbocycles. The molecular formula is C18H32I2N2O. The molecule has 134 valence electrons. The van der Waals surface area contributed by atoms with E-state index < -0.39 is 0 Å². The lowest BCUT2D eigenvalue weighted by Crippen LogP contribution is -3.00. The molecule has 2 aliphatic carbocycles. The lowest BCUT2D eigenvalue weighted by atomic mass is 9.86. The Kier molecular flexibility index (Phi) is 6.88. The number of rotatable bonds is 4. The van der Waals surface area contributed by atoms with Crippen LogP contribution >= 0.6 is 0 Å². The molecular weight excluding hydrogens is 514 g/mol. The van der Waals surface area contributed by atoms with Gasteiger partial charge in [0.15, 0.2) is 0 Å². The van der Waals surface area contributed by atoms with Gasteiger partial charge in [-0.15, -0.1) is 0 Å².